The van der Waals surface area contributed by atoms with Crippen LogP contribution in [0.3, 0.4) is 0 Å². The van der Waals surface area contributed by atoms with Crippen LogP contribution in [0.5, 0.6) is 0 Å². The van der Waals surface area contributed by atoms with E-state index in [1.165, 1.54) is 0 Å². The average molecular weight is 300 g/mol. The van der Waals surface area contributed by atoms with Crippen LogP contribution >= 0.6 is 0 Å². The molecule has 1 saturated heterocycles. The first kappa shape index (κ1) is 15.8. The number of carbonyl (C=O) groups excluding carboxylic acids is 1. The van der Waals surface area contributed by atoms with Crippen molar-refractivity contribution in [2.75, 3.05) is 0 Å². The Labute approximate surface area is 133 Å². The molecular formula is C18H25BO3. The second kappa shape index (κ2) is 5.21. The highest BCUT2D eigenvalue weighted by molar-refractivity contribution is 6.62. The molecule has 2 fully saturated rings. The normalized spacial score (nSPS) is 22.9. The molecular weight excluding hydrogens is 275 g/mol. The van der Waals surface area contributed by atoms with Gasteiger partial charge >= 0.3 is 7.12 Å². The zero-order valence-electron chi connectivity index (χ0n) is 14.2. The first-order valence-corrected chi connectivity index (χ1v) is 8.17. The zero-order valence-corrected chi connectivity index (χ0v) is 14.2. The van der Waals surface area contributed by atoms with E-state index in [1.807, 2.05) is 6.07 Å². The van der Waals surface area contributed by atoms with E-state index in [9.17, 15) is 4.79 Å². The van der Waals surface area contributed by atoms with Crippen LogP contribution in [0.15, 0.2) is 18.2 Å². The van der Waals surface area contributed by atoms with Crippen molar-refractivity contribution < 1.29 is 14.1 Å². The minimum Gasteiger partial charge on any atom is -0.399 e. The average Bonchev–Trinajstić information content (AvgIpc) is 3.20. The Morgan fingerprint density at radius 2 is 1.77 bits per heavy atom. The lowest BCUT2D eigenvalue weighted by Crippen LogP contribution is -2.41. The summed E-state index contributed by atoms with van der Waals surface area (Å²) in [5.41, 5.74) is 2.63. The van der Waals surface area contributed by atoms with Gasteiger partial charge in [-0.25, -0.2) is 0 Å². The molecule has 3 rings (SSSR count). The van der Waals surface area contributed by atoms with Crippen molar-refractivity contribution in [3.05, 3.63) is 29.3 Å². The van der Waals surface area contributed by atoms with Crippen molar-refractivity contribution in [3.63, 3.8) is 0 Å². The van der Waals surface area contributed by atoms with Crippen LogP contribution in [0.4, 0.5) is 0 Å². The lowest BCUT2D eigenvalue weighted by Gasteiger charge is -2.32. The number of hydrogen-bond acceptors (Lipinski definition) is 3. The van der Waals surface area contributed by atoms with Crippen molar-refractivity contribution in [1.29, 1.82) is 0 Å². The van der Waals surface area contributed by atoms with Crippen molar-refractivity contribution in [2.45, 2.75) is 65.1 Å². The van der Waals surface area contributed by atoms with Crippen molar-refractivity contribution in [2.24, 2.45) is 5.92 Å². The predicted molar refractivity (Wildman–Crippen MR) is 88.3 cm³/mol. The van der Waals surface area contributed by atoms with Crippen molar-refractivity contribution in [3.8, 4) is 0 Å². The number of hydrogen-bond donors (Lipinski definition) is 0. The van der Waals surface area contributed by atoms with Gasteiger partial charge in [-0.3, -0.25) is 4.79 Å². The van der Waals surface area contributed by atoms with E-state index in [0.29, 0.717) is 18.1 Å². The Morgan fingerprint density at radius 3 is 2.27 bits per heavy atom. The molecule has 1 aliphatic carbocycles. The number of ketones is 1. The maximum Gasteiger partial charge on any atom is 0.494 e. The molecule has 3 nitrogen and oxygen atoms in total. The molecule has 0 atom stereocenters. The first-order chi connectivity index (χ1) is 10.2. The van der Waals surface area contributed by atoms with Gasteiger partial charge in [0.25, 0.3) is 0 Å². The van der Waals surface area contributed by atoms with Gasteiger partial charge in [-0.05, 0) is 64.1 Å². The third kappa shape index (κ3) is 2.87. The molecule has 0 spiro atoms. The fourth-order valence-electron chi connectivity index (χ4n) is 2.78. The molecule has 0 N–H and O–H groups in total. The number of carbonyl (C=O) groups is 1. The molecule has 0 unspecified atom stereocenters. The summed E-state index contributed by atoms with van der Waals surface area (Å²) >= 11 is 0. The summed E-state index contributed by atoms with van der Waals surface area (Å²) in [5, 5.41) is 0. The van der Waals surface area contributed by atoms with Gasteiger partial charge in [0.1, 0.15) is 5.78 Å². The topological polar surface area (TPSA) is 35.5 Å². The van der Waals surface area contributed by atoms with Gasteiger partial charge in [0.2, 0.25) is 0 Å². The maximum atomic E-state index is 12.0. The quantitative estimate of drug-likeness (QED) is 0.802. The van der Waals surface area contributed by atoms with Crippen LogP contribution in [-0.2, 0) is 20.5 Å². The Balaban J connectivity index is 1.76. The largest absolute Gasteiger partial charge is 0.494 e. The second-order valence-corrected chi connectivity index (χ2v) is 7.69. The molecule has 118 valence electrons. The predicted octanol–water partition coefficient (Wildman–Crippen LogP) is 2.82. The van der Waals surface area contributed by atoms with Crippen LogP contribution in [0, 0.1) is 12.8 Å². The van der Waals surface area contributed by atoms with Crippen LogP contribution < -0.4 is 5.46 Å². The number of Topliss-reactive ketones (excluding diaryl/α,β-unsaturated/α-hetero) is 1. The van der Waals surface area contributed by atoms with Gasteiger partial charge in [-0.2, -0.15) is 0 Å². The van der Waals surface area contributed by atoms with E-state index in [1.54, 1.807) is 0 Å². The Bertz CT molecular complexity index is 586. The first-order valence-electron chi connectivity index (χ1n) is 8.17. The van der Waals surface area contributed by atoms with Gasteiger partial charge in [0, 0.05) is 12.3 Å². The molecule has 0 aromatic heterocycles. The van der Waals surface area contributed by atoms with Crippen molar-refractivity contribution in [1.82, 2.24) is 0 Å². The standard InChI is InChI=1S/C18H25BO3/c1-12-10-15(19-21-17(2,3)18(4,5)22-19)9-8-14(12)11-16(20)13-6-7-13/h8-10,13H,6-7,11H2,1-5H3. The monoisotopic (exact) mass is 300 g/mol. The Kier molecular flexibility index (Phi) is 3.73. The molecule has 4 heteroatoms. The summed E-state index contributed by atoms with van der Waals surface area (Å²) in [4.78, 5) is 12.0. The number of aryl methyl sites for hydroxylation is 1. The lowest BCUT2D eigenvalue weighted by molar-refractivity contribution is -0.119. The van der Waals surface area contributed by atoms with Gasteiger partial charge in [-0.1, -0.05) is 18.2 Å². The molecule has 1 aromatic rings. The SMILES string of the molecule is Cc1cc(B2OC(C)(C)C(C)(C)O2)ccc1CC(=O)C1CC1. The third-order valence-electron chi connectivity index (χ3n) is 5.29. The van der Waals surface area contributed by atoms with Gasteiger partial charge in [0.15, 0.2) is 0 Å². The van der Waals surface area contributed by atoms with Crippen LogP contribution in [-0.4, -0.2) is 24.1 Å². The van der Waals surface area contributed by atoms with E-state index in [2.05, 4.69) is 46.8 Å². The molecule has 0 bridgehead atoms. The van der Waals surface area contributed by atoms with Crippen molar-refractivity contribution >= 4 is 18.4 Å². The lowest BCUT2D eigenvalue weighted by atomic mass is 9.77. The summed E-state index contributed by atoms with van der Waals surface area (Å²) in [6.45, 7) is 10.3. The van der Waals surface area contributed by atoms with Crippen LogP contribution in [0.1, 0.15) is 51.7 Å². The molecule has 22 heavy (non-hydrogen) atoms. The molecule has 2 aliphatic rings. The highest BCUT2D eigenvalue weighted by Gasteiger charge is 2.51. The van der Waals surface area contributed by atoms with Crippen LogP contribution in [0.2, 0.25) is 0 Å². The van der Waals surface area contributed by atoms with E-state index in [4.69, 9.17) is 9.31 Å². The van der Waals surface area contributed by atoms with E-state index in [-0.39, 0.29) is 18.3 Å². The maximum absolute atomic E-state index is 12.0. The second-order valence-electron chi connectivity index (χ2n) is 7.69. The fraction of sp³-hybridized carbons (Fsp3) is 0.611. The van der Waals surface area contributed by atoms with Gasteiger partial charge < -0.3 is 9.31 Å². The fourth-order valence-corrected chi connectivity index (χ4v) is 2.78. The Morgan fingerprint density at radius 1 is 1.18 bits per heavy atom. The minimum atomic E-state index is -0.336. The summed E-state index contributed by atoms with van der Waals surface area (Å²) in [7, 11) is -0.336. The Hall–Kier alpha value is -1.13. The van der Waals surface area contributed by atoms with Crippen LogP contribution in [0.25, 0.3) is 0 Å². The summed E-state index contributed by atoms with van der Waals surface area (Å²) in [6, 6.07) is 6.18. The molecule has 1 saturated carbocycles. The summed E-state index contributed by atoms with van der Waals surface area (Å²) < 4.78 is 12.2. The third-order valence-corrected chi connectivity index (χ3v) is 5.29. The molecule has 0 amide bonds. The van der Waals surface area contributed by atoms with E-state index in [0.717, 1.165) is 29.4 Å². The minimum absolute atomic E-state index is 0.321. The molecule has 1 aliphatic heterocycles. The number of rotatable bonds is 4. The molecule has 1 aromatic carbocycles. The molecule has 0 radical (unpaired) electrons. The molecule has 1 heterocycles. The van der Waals surface area contributed by atoms with Gasteiger partial charge in [0.05, 0.1) is 11.2 Å². The summed E-state index contributed by atoms with van der Waals surface area (Å²) in [5.74, 6) is 0.702. The highest BCUT2D eigenvalue weighted by Crippen LogP contribution is 2.36. The van der Waals surface area contributed by atoms with Gasteiger partial charge in [-0.15, -0.1) is 0 Å². The zero-order chi connectivity index (χ0) is 16.1. The van der Waals surface area contributed by atoms with E-state index >= 15 is 0 Å². The summed E-state index contributed by atoms with van der Waals surface area (Å²) in [6.07, 6.45) is 2.70. The number of benzene rings is 1. The van der Waals surface area contributed by atoms with E-state index < -0.39 is 0 Å². The highest BCUT2D eigenvalue weighted by atomic mass is 16.7. The smallest absolute Gasteiger partial charge is 0.399 e.